The van der Waals surface area contributed by atoms with E-state index in [-0.39, 0.29) is 28.1 Å². The number of aryl methyl sites for hydroxylation is 2. The topological polar surface area (TPSA) is 104 Å². The van der Waals surface area contributed by atoms with Crippen LogP contribution in [0.4, 0.5) is 5.69 Å². The van der Waals surface area contributed by atoms with Gasteiger partial charge in [-0.15, -0.1) is 0 Å². The second-order valence-electron chi connectivity index (χ2n) is 6.52. The number of rotatable bonds is 6. The summed E-state index contributed by atoms with van der Waals surface area (Å²) in [5.41, 5.74) is 2.21. The molecule has 3 rings (SSSR count). The summed E-state index contributed by atoms with van der Waals surface area (Å²) in [5, 5.41) is 9.50. The van der Waals surface area contributed by atoms with Gasteiger partial charge in [-0.3, -0.25) is 14.6 Å². The molecule has 1 amide bonds. The number of nitrogens with zero attached hydrogens (tertiary/aromatic N) is 1. The van der Waals surface area contributed by atoms with Crippen molar-refractivity contribution in [2.75, 3.05) is 4.72 Å². The van der Waals surface area contributed by atoms with Gasteiger partial charge in [-0.1, -0.05) is 42.5 Å². The summed E-state index contributed by atoms with van der Waals surface area (Å²) in [6.07, 6.45) is 0. The molecule has 1 unspecified atom stereocenters. The molecule has 0 bridgehead atoms. The van der Waals surface area contributed by atoms with Crippen LogP contribution in [-0.2, 0) is 10.0 Å². The summed E-state index contributed by atoms with van der Waals surface area (Å²) in [6, 6.07) is 15.8. The van der Waals surface area contributed by atoms with Crippen LogP contribution in [0.1, 0.15) is 40.3 Å². The summed E-state index contributed by atoms with van der Waals surface area (Å²) < 4.78 is 28.2. The monoisotopic (exact) mass is 398 g/mol. The fraction of sp³-hybridized carbons (Fsp3) is 0.200. The number of carbonyl (C=O) groups is 1. The van der Waals surface area contributed by atoms with Crippen molar-refractivity contribution in [2.24, 2.45) is 0 Å². The molecule has 0 saturated heterocycles. The van der Waals surface area contributed by atoms with Gasteiger partial charge in [0.1, 0.15) is 4.90 Å². The van der Waals surface area contributed by atoms with Crippen LogP contribution in [0.5, 0.6) is 0 Å². The number of amides is 1. The minimum atomic E-state index is -3.89. The zero-order valence-electron chi connectivity index (χ0n) is 15.9. The molecule has 1 heterocycles. The first-order valence-corrected chi connectivity index (χ1v) is 10.3. The van der Waals surface area contributed by atoms with Gasteiger partial charge in [-0.05, 0) is 38.5 Å². The summed E-state index contributed by atoms with van der Waals surface area (Å²) >= 11 is 0. The van der Waals surface area contributed by atoms with Crippen LogP contribution in [0.15, 0.2) is 59.5 Å². The first-order chi connectivity index (χ1) is 13.3. The third-order valence-electron chi connectivity index (χ3n) is 4.39. The highest BCUT2D eigenvalue weighted by molar-refractivity contribution is 7.92. The molecule has 0 radical (unpaired) electrons. The van der Waals surface area contributed by atoms with E-state index >= 15 is 0 Å². The number of sulfonamides is 1. The summed E-state index contributed by atoms with van der Waals surface area (Å²) in [7, 11) is -3.89. The van der Waals surface area contributed by atoms with Crippen molar-refractivity contribution in [3.05, 3.63) is 77.1 Å². The molecule has 3 N–H and O–H groups in total. The smallest absolute Gasteiger partial charge is 0.265 e. The lowest BCUT2D eigenvalue weighted by atomic mass is 10.1. The number of H-pyrrole nitrogens is 1. The summed E-state index contributed by atoms with van der Waals surface area (Å²) in [6.45, 7) is 5.12. The van der Waals surface area contributed by atoms with Crippen LogP contribution in [0.3, 0.4) is 0 Å². The number of hydrogen-bond acceptors (Lipinski definition) is 4. The van der Waals surface area contributed by atoms with E-state index in [1.54, 1.807) is 38.1 Å². The number of aromatic nitrogens is 2. The Morgan fingerprint density at radius 2 is 1.68 bits per heavy atom. The predicted octanol–water partition coefficient (Wildman–Crippen LogP) is 3.32. The van der Waals surface area contributed by atoms with Gasteiger partial charge >= 0.3 is 0 Å². The van der Waals surface area contributed by atoms with E-state index in [2.05, 4.69) is 20.2 Å². The Morgan fingerprint density at radius 1 is 1.04 bits per heavy atom. The van der Waals surface area contributed by atoms with E-state index in [0.717, 1.165) is 5.56 Å². The van der Waals surface area contributed by atoms with Crippen molar-refractivity contribution >= 4 is 21.6 Å². The molecule has 1 aromatic heterocycles. The molecule has 0 spiro atoms. The van der Waals surface area contributed by atoms with Gasteiger partial charge < -0.3 is 5.32 Å². The van der Waals surface area contributed by atoms with Crippen LogP contribution >= 0.6 is 0 Å². The van der Waals surface area contributed by atoms with Gasteiger partial charge in [-0.25, -0.2) is 8.42 Å². The van der Waals surface area contributed by atoms with Crippen LogP contribution < -0.4 is 10.0 Å². The number of anilines is 1. The maximum absolute atomic E-state index is 12.8. The molecule has 0 aliphatic carbocycles. The largest absolute Gasteiger partial charge is 0.345 e. The minimum Gasteiger partial charge on any atom is -0.345 e. The van der Waals surface area contributed by atoms with Crippen molar-refractivity contribution < 1.29 is 13.2 Å². The average Bonchev–Trinajstić information content (AvgIpc) is 3.01. The Morgan fingerprint density at radius 3 is 2.32 bits per heavy atom. The number of para-hydroxylation sites is 1. The predicted molar refractivity (Wildman–Crippen MR) is 108 cm³/mol. The standard InChI is InChI=1S/C20H22N4O3S/c1-13(16-9-5-4-6-10-16)21-20(25)17-11-7-8-12-18(17)24-28(26,27)19-14(2)22-23-15(19)3/h4-13,24H,1-3H3,(H,21,25)(H,22,23). The van der Waals surface area contributed by atoms with Gasteiger partial charge in [0.15, 0.2) is 0 Å². The lowest BCUT2D eigenvalue weighted by Gasteiger charge is -2.17. The SMILES string of the molecule is Cc1n[nH]c(C)c1S(=O)(=O)Nc1ccccc1C(=O)NC(C)c1ccccc1. The molecule has 1 atom stereocenters. The first-order valence-electron chi connectivity index (χ1n) is 8.79. The number of nitrogens with one attached hydrogen (secondary N) is 3. The second kappa shape index (κ2) is 7.85. The van der Waals surface area contributed by atoms with E-state index in [9.17, 15) is 13.2 Å². The molecule has 28 heavy (non-hydrogen) atoms. The average molecular weight is 398 g/mol. The Labute approximate surface area is 164 Å². The fourth-order valence-corrected chi connectivity index (χ4v) is 4.45. The number of aromatic amines is 1. The Hall–Kier alpha value is -3.13. The van der Waals surface area contributed by atoms with Gasteiger partial charge in [0.2, 0.25) is 0 Å². The molecule has 8 heteroatoms. The molecule has 0 aliphatic rings. The lowest BCUT2D eigenvalue weighted by Crippen LogP contribution is -2.28. The third-order valence-corrected chi connectivity index (χ3v) is 6.02. The Bertz CT molecular complexity index is 1070. The van der Waals surface area contributed by atoms with Crippen molar-refractivity contribution in [2.45, 2.75) is 31.7 Å². The number of hydrogen-bond donors (Lipinski definition) is 3. The highest BCUT2D eigenvalue weighted by Crippen LogP contribution is 2.24. The van der Waals surface area contributed by atoms with Crippen LogP contribution in [0.25, 0.3) is 0 Å². The fourth-order valence-electron chi connectivity index (χ4n) is 3.00. The van der Waals surface area contributed by atoms with E-state index in [1.807, 2.05) is 37.3 Å². The second-order valence-corrected chi connectivity index (χ2v) is 8.14. The zero-order chi connectivity index (χ0) is 20.3. The lowest BCUT2D eigenvalue weighted by molar-refractivity contribution is 0.0941. The van der Waals surface area contributed by atoms with E-state index < -0.39 is 10.0 Å². The molecule has 0 saturated carbocycles. The van der Waals surface area contributed by atoms with Gasteiger partial charge in [-0.2, -0.15) is 5.10 Å². The highest BCUT2D eigenvalue weighted by Gasteiger charge is 2.24. The quantitative estimate of drug-likeness (QED) is 0.592. The van der Waals surface area contributed by atoms with Gasteiger partial charge in [0.05, 0.1) is 28.7 Å². The van der Waals surface area contributed by atoms with E-state index in [1.165, 1.54) is 0 Å². The normalized spacial score (nSPS) is 12.4. The Kier molecular flexibility index (Phi) is 5.51. The van der Waals surface area contributed by atoms with Crippen LogP contribution in [0, 0.1) is 13.8 Å². The van der Waals surface area contributed by atoms with Crippen molar-refractivity contribution in [1.29, 1.82) is 0 Å². The van der Waals surface area contributed by atoms with Crippen molar-refractivity contribution in [3.8, 4) is 0 Å². The summed E-state index contributed by atoms with van der Waals surface area (Å²) in [4.78, 5) is 12.9. The highest BCUT2D eigenvalue weighted by atomic mass is 32.2. The summed E-state index contributed by atoms with van der Waals surface area (Å²) in [5.74, 6) is -0.365. The molecule has 0 aliphatic heterocycles. The van der Waals surface area contributed by atoms with Crippen molar-refractivity contribution in [1.82, 2.24) is 15.5 Å². The Balaban J connectivity index is 1.86. The van der Waals surface area contributed by atoms with E-state index in [4.69, 9.17) is 0 Å². The molecular formula is C20H22N4O3S. The number of carbonyl (C=O) groups excluding carboxylic acids is 1. The van der Waals surface area contributed by atoms with Gasteiger partial charge in [0.25, 0.3) is 15.9 Å². The van der Waals surface area contributed by atoms with Gasteiger partial charge in [0, 0.05) is 0 Å². The minimum absolute atomic E-state index is 0.0837. The maximum Gasteiger partial charge on any atom is 0.265 e. The first kappa shape index (κ1) is 19.6. The molecule has 7 nitrogen and oxygen atoms in total. The molecule has 3 aromatic rings. The zero-order valence-corrected chi connectivity index (χ0v) is 16.7. The molecule has 146 valence electrons. The molecule has 0 fully saturated rings. The third kappa shape index (κ3) is 4.07. The molecular weight excluding hydrogens is 376 g/mol. The molecule has 2 aromatic carbocycles. The number of benzene rings is 2. The van der Waals surface area contributed by atoms with Crippen molar-refractivity contribution in [3.63, 3.8) is 0 Å². The van der Waals surface area contributed by atoms with E-state index in [0.29, 0.717) is 11.4 Å². The van der Waals surface area contributed by atoms with Crippen LogP contribution in [0.2, 0.25) is 0 Å². The van der Waals surface area contributed by atoms with Crippen LogP contribution in [-0.4, -0.2) is 24.5 Å². The maximum atomic E-state index is 12.8.